The third-order valence-electron chi connectivity index (χ3n) is 5.72. The molecule has 0 aromatic heterocycles. The summed E-state index contributed by atoms with van der Waals surface area (Å²) in [6.45, 7) is 1.59. The lowest BCUT2D eigenvalue weighted by molar-refractivity contribution is -0.117. The van der Waals surface area contributed by atoms with Crippen LogP contribution in [0.3, 0.4) is 0 Å². The molecule has 0 spiro atoms. The van der Waals surface area contributed by atoms with Gasteiger partial charge in [-0.05, 0) is 62.2 Å². The minimum absolute atomic E-state index is 0.0520. The molecular formula is C23H27FN4O4S. The van der Waals surface area contributed by atoms with Gasteiger partial charge in [0.15, 0.2) is 0 Å². The van der Waals surface area contributed by atoms with E-state index in [9.17, 15) is 22.4 Å². The molecule has 0 radical (unpaired) electrons. The van der Waals surface area contributed by atoms with Crippen LogP contribution in [0.1, 0.15) is 29.6 Å². The Kier molecular flexibility index (Phi) is 7.06. The number of carbonyl (C=O) groups is 2. The van der Waals surface area contributed by atoms with E-state index in [1.807, 2.05) is 4.90 Å². The number of hydrogen-bond acceptors (Lipinski definition) is 5. The predicted octanol–water partition coefficient (Wildman–Crippen LogP) is 2.05. The second-order valence-corrected chi connectivity index (χ2v) is 10.3. The lowest BCUT2D eigenvalue weighted by Crippen LogP contribution is -2.38. The van der Waals surface area contributed by atoms with Crippen molar-refractivity contribution in [1.29, 1.82) is 0 Å². The standard InChI is InChI=1S/C23H27FN4O4S/c24-17-6-10-19(11-7-17)33(31,32)28-13-3-12-27(14-15-28)16-22(29)26-21-5-2-1-4-20(21)23(30)25-18-8-9-18/h1-2,4-7,10-11,18H,3,8-9,12-16H2,(H,25,30)(H,26,29). The highest BCUT2D eigenvalue weighted by Crippen LogP contribution is 2.22. The number of benzene rings is 2. The number of rotatable bonds is 7. The number of amides is 2. The van der Waals surface area contributed by atoms with E-state index in [2.05, 4.69) is 10.6 Å². The minimum atomic E-state index is -3.73. The zero-order chi connectivity index (χ0) is 23.4. The Balaban J connectivity index is 1.34. The van der Waals surface area contributed by atoms with Crippen LogP contribution in [0.25, 0.3) is 0 Å². The molecule has 2 N–H and O–H groups in total. The largest absolute Gasteiger partial charge is 0.349 e. The molecule has 2 aromatic rings. The summed E-state index contributed by atoms with van der Waals surface area (Å²) >= 11 is 0. The smallest absolute Gasteiger partial charge is 0.253 e. The van der Waals surface area contributed by atoms with E-state index in [1.165, 1.54) is 16.4 Å². The van der Waals surface area contributed by atoms with Crippen molar-refractivity contribution in [2.24, 2.45) is 0 Å². The summed E-state index contributed by atoms with van der Waals surface area (Å²) in [6, 6.07) is 11.9. The van der Waals surface area contributed by atoms with Crippen molar-refractivity contribution in [2.75, 3.05) is 38.0 Å². The third-order valence-corrected chi connectivity index (χ3v) is 7.64. The quantitative estimate of drug-likeness (QED) is 0.640. The van der Waals surface area contributed by atoms with E-state index in [0.29, 0.717) is 37.3 Å². The molecule has 2 aliphatic rings. The summed E-state index contributed by atoms with van der Waals surface area (Å²) in [5.41, 5.74) is 0.876. The van der Waals surface area contributed by atoms with E-state index >= 15 is 0 Å². The SMILES string of the molecule is O=C(CN1CCCN(S(=O)(=O)c2ccc(F)cc2)CC1)Nc1ccccc1C(=O)NC1CC1. The highest BCUT2D eigenvalue weighted by molar-refractivity contribution is 7.89. The number of carbonyl (C=O) groups excluding carboxylic acids is 2. The van der Waals surface area contributed by atoms with Gasteiger partial charge in [-0.3, -0.25) is 14.5 Å². The molecule has 8 nitrogen and oxygen atoms in total. The van der Waals surface area contributed by atoms with Crippen LogP contribution in [0.5, 0.6) is 0 Å². The normalized spacial score (nSPS) is 17.8. The van der Waals surface area contributed by atoms with Crippen LogP contribution in [0, 0.1) is 5.82 Å². The van der Waals surface area contributed by atoms with Gasteiger partial charge in [-0.25, -0.2) is 12.8 Å². The molecule has 0 bridgehead atoms. The molecule has 1 saturated heterocycles. The molecule has 176 valence electrons. The van der Waals surface area contributed by atoms with Crippen molar-refractivity contribution >= 4 is 27.5 Å². The Hall–Kier alpha value is -2.82. The minimum Gasteiger partial charge on any atom is -0.349 e. The average molecular weight is 475 g/mol. The Bertz CT molecular complexity index is 1120. The maximum absolute atomic E-state index is 13.2. The molecule has 10 heteroatoms. The van der Waals surface area contributed by atoms with Gasteiger partial charge >= 0.3 is 0 Å². The number of para-hydroxylation sites is 1. The van der Waals surface area contributed by atoms with Crippen molar-refractivity contribution < 1.29 is 22.4 Å². The Morgan fingerprint density at radius 3 is 2.42 bits per heavy atom. The van der Waals surface area contributed by atoms with Crippen molar-refractivity contribution in [3.05, 3.63) is 59.9 Å². The summed E-state index contributed by atoms with van der Waals surface area (Å²) in [6.07, 6.45) is 2.51. The summed E-state index contributed by atoms with van der Waals surface area (Å²) < 4.78 is 40.3. The first-order chi connectivity index (χ1) is 15.8. The molecule has 33 heavy (non-hydrogen) atoms. The summed E-state index contributed by atoms with van der Waals surface area (Å²) in [7, 11) is -3.73. The van der Waals surface area contributed by atoms with Crippen LogP contribution >= 0.6 is 0 Å². The van der Waals surface area contributed by atoms with Crippen LogP contribution in [0.15, 0.2) is 53.4 Å². The monoisotopic (exact) mass is 474 g/mol. The number of nitrogens with zero attached hydrogens (tertiary/aromatic N) is 2. The molecule has 2 fully saturated rings. The maximum Gasteiger partial charge on any atom is 0.253 e. The summed E-state index contributed by atoms with van der Waals surface area (Å²) in [4.78, 5) is 27.1. The van der Waals surface area contributed by atoms with Gasteiger partial charge in [0.1, 0.15) is 5.82 Å². The molecule has 1 heterocycles. The number of nitrogens with one attached hydrogen (secondary N) is 2. The van der Waals surface area contributed by atoms with Crippen LogP contribution in [0.4, 0.5) is 10.1 Å². The highest BCUT2D eigenvalue weighted by Gasteiger charge is 2.28. The van der Waals surface area contributed by atoms with Gasteiger partial charge in [0.2, 0.25) is 15.9 Å². The number of anilines is 1. The van der Waals surface area contributed by atoms with Crippen LogP contribution in [0.2, 0.25) is 0 Å². The fourth-order valence-corrected chi connectivity index (χ4v) is 5.24. The van der Waals surface area contributed by atoms with E-state index in [0.717, 1.165) is 25.0 Å². The van der Waals surface area contributed by atoms with E-state index in [1.54, 1.807) is 24.3 Å². The van der Waals surface area contributed by atoms with E-state index in [-0.39, 0.29) is 35.8 Å². The molecule has 0 unspecified atom stereocenters. The lowest BCUT2D eigenvalue weighted by Gasteiger charge is -2.21. The highest BCUT2D eigenvalue weighted by atomic mass is 32.2. The van der Waals surface area contributed by atoms with Crippen LogP contribution in [-0.4, -0.2) is 68.2 Å². The van der Waals surface area contributed by atoms with Crippen molar-refractivity contribution in [1.82, 2.24) is 14.5 Å². The molecular weight excluding hydrogens is 447 g/mol. The molecule has 1 aliphatic heterocycles. The van der Waals surface area contributed by atoms with Gasteiger partial charge in [0.25, 0.3) is 5.91 Å². The van der Waals surface area contributed by atoms with Crippen LogP contribution in [-0.2, 0) is 14.8 Å². The number of sulfonamides is 1. The van der Waals surface area contributed by atoms with Gasteiger partial charge in [-0.1, -0.05) is 12.1 Å². The second-order valence-electron chi connectivity index (χ2n) is 8.33. The Morgan fingerprint density at radius 2 is 1.70 bits per heavy atom. The fraction of sp³-hybridized carbons (Fsp3) is 0.391. The van der Waals surface area contributed by atoms with Gasteiger partial charge in [-0.15, -0.1) is 0 Å². The molecule has 1 aliphatic carbocycles. The molecule has 4 rings (SSSR count). The average Bonchev–Trinajstić information content (AvgIpc) is 3.62. The zero-order valence-electron chi connectivity index (χ0n) is 18.2. The van der Waals surface area contributed by atoms with E-state index < -0.39 is 15.8 Å². The topological polar surface area (TPSA) is 98.8 Å². The van der Waals surface area contributed by atoms with Gasteiger partial charge in [0.05, 0.1) is 22.7 Å². The molecule has 2 aromatic carbocycles. The molecule has 1 saturated carbocycles. The Morgan fingerprint density at radius 1 is 0.970 bits per heavy atom. The zero-order valence-corrected chi connectivity index (χ0v) is 19.0. The summed E-state index contributed by atoms with van der Waals surface area (Å²) in [5, 5.41) is 5.74. The van der Waals surface area contributed by atoms with Crippen molar-refractivity contribution in [2.45, 2.75) is 30.2 Å². The van der Waals surface area contributed by atoms with Crippen LogP contribution < -0.4 is 10.6 Å². The maximum atomic E-state index is 13.2. The first-order valence-corrected chi connectivity index (χ1v) is 12.4. The third kappa shape index (κ3) is 5.95. The number of hydrogen-bond donors (Lipinski definition) is 2. The number of halogens is 1. The van der Waals surface area contributed by atoms with Gasteiger partial charge < -0.3 is 10.6 Å². The second kappa shape index (κ2) is 9.98. The van der Waals surface area contributed by atoms with Crippen molar-refractivity contribution in [3.63, 3.8) is 0 Å². The van der Waals surface area contributed by atoms with E-state index in [4.69, 9.17) is 0 Å². The summed E-state index contributed by atoms with van der Waals surface area (Å²) in [5.74, 6) is -0.963. The first-order valence-electron chi connectivity index (χ1n) is 11.0. The predicted molar refractivity (Wildman–Crippen MR) is 122 cm³/mol. The van der Waals surface area contributed by atoms with Gasteiger partial charge in [0, 0.05) is 25.7 Å². The molecule has 2 amide bonds. The van der Waals surface area contributed by atoms with Crippen molar-refractivity contribution in [3.8, 4) is 0 Å². The first kappa shape index (κ1) is 23.3. The lowest BCUT2D eigenvalue weighted by atomic mass is 10.1. The Labute approximate surface area is 192 Å². The van der Waals surface area contributed by atoms with Gasteiger partial charge in [-0.2, -0.15) is 4.31 Å². The molecule has 0 atom stereocenters. The fourth-order valence-electron chi connectivity index (χ4n) is 3.78.